The fraction of sp³-hybridized carbons (Fsp3) is 0.909. The monoisotopic (exact) mass is 182 g/mol. The van der Waals surface area contributed by atoms with E-state index in [-0.39, 0.29) is 0 Å². The van der Waals surface area contributed by atoms with E-state index >= 15 is 0 Å². The summed E-state index contributed by atoms with van der Waals surface area (Å²) < 4.78 is 5.72. The van der Waals surface area contributed by atoms with Crippen LogP contribution in [-0.4, -0.2) is 19.0 Å². The van der Waals surface area contributed by atoms with Gasteiger partial charge in [0.2, 0.25) is 0 Å². The number of aldehydes is 1. The Bertz CT molecular complexity index is 191. The topological polar surface area (TPSA) is 26.3 Å². The lowest BCUT2D eigenvalue weighted by molar-refractivity contribution is -0.118. The van der Waals surface area contributed by atoms with Gasteiger partial charge in [-0.25, -0.2) is 0 Å². The van der Waals surface area contributed by atoms with Crippen LogP contribution < -0.4 is 0 Å². The molecule has 0 bridgehead atoms. The second-order valence-electron chi connectivity index (χ2n) is 4.39. The van der Waals surface area contributed by atoms with Gasteiger partial charge in [0, 0.05) is 5.92 Å². The molecule has 1 heterocycles. The number of fused-ring (bicyclic) bond motifs is 1. The van der Waals surface area contributed by atoms with E-state index in [1.165, 1.54) is 12.8 Å². The highest BCUT2D eigenvalue weighted by atomic mass is 16.5. The summed E-state index contributed by atoms with van der Waals surface area (Å²) in [5.74, 6) is 1.59. The van der Waals surface area contributed by atoms with Crippen molar-refractivity contribution in [3.8, 4) is 0 Å². The average Bonchev–Trinajstić information content (AvgIpc) is 2.41. The molecule has 0 N–H and O–H groups in total. The minimum absolute atomic E-state index is 0.314. The van der Waals surface area contributed by atoms with Gasteiger partial charge < -0.3 is 9.53 Å². The molecule has 4 atom stereocenters. The molecule has 0 radical (unpaired) electrons. The smallest absolute Gasteiger partial charge is 0.123 e. The predicted octanol–water partition coefficient (Wildman–Crippen LogP) is 2.03. The lowest BCUT2D eigenvalue weighted by atomic mass is 9.64. The molecule has 0 aromatic heterocycles. The van der Waals surface area contributed by atoms with Crippen LogP contribution in [0.4, 0.5) is 0 Å². The Hall–Kier alpha value is -0.370. The lowest BCUT2D eigenvalue weighted by Crippen LogP contribution is -2.40. The van der Waals surface area contributed by atoms with Gasteiger partial charge in [-0.05, 0) is 24.7 Å². The molecular weight excluding hydrogens is 164 g/mol. The summed E-state index contributed by atoms with van der Waals surface area (Å²) in [6, 6.07) is 0. The van der Waals surface area contributed by atoms with E-state index in [0.717, 1.165) is 25.7 Å². The molecule has 1 aliphatic carbocycles. The maximum atomic E-state index is 10.7. The molecule has 0 aromatic rings. The SMILES string of the molecule is CCCCC1OCC2CC(C=O)C21. The van der Waals surface area contributed by atoms with Crippen LogP contribution in [-0.2, 0) is 9.53 Å². The van der Waals surface area contributed by atoms with Crippen molar-refractivity contribution in [1.29, 1.82) is 0 Å². The number of hydrogen-bond donors (Lipinski definition) is 0. The summed E-state index contributed by atoms with van der Waals surface area (Å²) in [4.78, 5) is 10.7. The summed E-state index contributed by atoms with van der Waals surface area (Å²) in [6.07, 6.45) is 6.23. The third kappa shape index (κ3) is 1.52. The van der Waals surface area contributed by atoms with Gasteiger partial charge in [-0.3, -0.25) is 0 Å². The van der Waals surface area contributed by atoms with Crippen molar-refractivity contribution in [2.75, 3.05) is 6.61 Å². The maximum absolute atomic E-state index is 10.7. The van der Waals surface area contributed by atoms with Crippen molar-refractivity contribution in [3.63, 3.8) is 0 Å². The van der Waals surface area contributed by atoms with Crippen molar-refractivity contribution in [3.05, 3.63) is 0 Å². The quantitative estimate of drug-likeness (QED) is 0.622. The van der Waals surface area contributed by atoms with Gasteiger partial charge in [0.1, 0.15) is 6.29 Å². The van der Waals surface area contributed by atoms with Crippen molar-refractivity contribution in [2.24, 2.45) is 17.8 Å². The van der Waals surface area contributed by atoms with E-state index in [1.54, 1.807) is 0 Å². The van der Waals surface area contributed by atoms with Gasteiger partial charge >= 0.3 is 0 Å². The van der Waals surface area contributed by atoms with Gasteiger partial charge in [0.25, 0.3) is 0 Å². The van der Waals surface area contributed by atoms with Crippen molar-refractivity contribution >= 4 is 6.29 Å². The fourth-order valence-corrected chi connectivity index (χ4v) is 2.76. The normalized spacial score (nSPS) is 42.5. The molecule has 1 saturated carbocycles. The van der Waals surface area contributed by atoms with Gasteiger partial charge in [-0.1, -0.05) is 19.8 Å². The van der Waals surface area contributed by atoms with E-state index in [4.69, 9.17) is 4.74 Å². The van der Waals surface area contributed by atoms with E-state index < -0.39 is 0 Å². The third-order valence-electron chi connectivity index (χ3n) is 3.58. The molecule has 2 rings (SSSR count). The van der Waals surface area contributed by atoms with Gasteiger partial charge in [-0.2, -0.15) is 0 Å². The standard InChI is InChI=1S/C11H18O2/c1-2-3-4-10-11-8(6-12)5-9(11)7-13-10/h6,8-11H,2-5,7H2,1H3. The second kappa shape index (κ2) is 3.79. The van der Waals surface area contributed by atoms with Crippen molar-refractivity contribution in [1.82, 2.24) is 0 Å². The van der Waals surface area contributed by atoms with Crippen LogP contribution in [0.3, 0.4) is 0 Å². The first kappa shape index (κ1) is 9.20. The Morgan fingerprint density at radius 2 is 2.38 bits per heavy atom. The number of rotatable bonds is 4. The lowest BCUT2D eigenvalue weighted by Gasteiger charge is -2.38. The van der Waals surface area contributed by atoms with Gasteiger partial charge in [-0.15, -0.1) is 0 Å². The molecule has 2 fully saturated rings. The number of carbonyl (C=O) groups is 1. The Labute approximate surface area is 79.7 Å². The van der Waals surface area contributed by atoms with Crippen LogP contribution in [0.25, 0.3) is 0 Å². The first-order valence-corrected chi connectivity index (χ1v) is 5.43. The first-order chi connectivity index (χ1) is 6.36. The van der Waals surface area contributed by atoms with E-state index in [2.05, 4.69) is 6.92 Å². The highest BCUT2D eigenvalue weighted by Crippen LogP contribution is 2.48. The summed E-state index contributed by atoms with van der Waals surface area (Å²) in [5.41, 5.74) is 0. The average molecular weight is 182 g/mol. The molecule has 1 aliphatic heterocycles. The molecule has 4 unspecified atom stereocenters. The predicted molar refractivity (Wildman–Crippen MR) is 50.4 cm³/mol. The molecule has 0 aromatic carbocycles. The molecule has 0 spiro atoms. The number of carbonyl (C=O) groups excluding carboxylic acids is 1. The molecule has 13 heavy (non-hydrogen) atoms. The summed E-state index contributed by atoms with van der Waals surface area (Å²) in [6.45, 7) is 3.10. The number of ether oxygens (including phenoxy) is 1. The summed E-state index contributed by atoms with van der Waals surface area (Å²) in [7, 11) is 0. The zero-order valence-electron chi connectivity index (χ0n) is 8.24. The van der Waals surface area contributed by atoms with Crippen LogP contribution in [0.15, 0.2) is 0 Å². The number of unbranched alkanes of at least 4 members (excludes halogenated alkanes) is 1. The zero-order valence-corrected chi connectivity index (χ0v) is 8.24. The van der Waals surface area contributed by atoms with Crippen LogP contribution >= 0.6 is 0 Å². The van der Waals surface area contributed by atoms with Crippen LogP contribution in [0.2, 0.25) is 0 Å². The van der Waals surface area contributed by atoms with Crippen LogP contribution in [0.5, 0.6) is 0 Å². The molecule has 74 valence electrons. The minimum Gasteiger partial charge on any atom is -0.378 e. The van der Waals surface area contributed by atoms with Crippen molar-refractivity contribution in [2.45, 2.75) is 38.7 Å². The molecule has 0 amide bonds. The maximum Gasteiger partial charge on any atom is 0.123 e. The summed E-state index contributed by atoms with van der Waals surface area (Å²) in [5, 5.41) is 0. The molecule has 2 heteroatoms. The minimum atomic E-state index is 0.314. The van der Waals surface area contributed by atoms with Crippen LogP contribution in [0.1, 0.15) is 32.6 Å². The first-order valence-electron chi connectivity index (χ1n) is 5.43. The Morgan fingerprint density at radius 1 is 1.54 bits per heavy atom. The van der Waals surface area contributed by atoms with Crippen LogP contribution in [0, 0.1) is 17.8 Å². The van der Waals surface area contributed by atoms with E-state index in [1.807, 2.05) is 0 Å². The van der Waals surface area contributed by atoms with E-state index in [9.17, 15) is 4.79 Å². The van der Waals surface area contributed by atoms with Gasteiger partial charge in [0.15, 0.2) is 0 Å². The Morgan fingerprint density at radius 3 is 3.08 bits per heavy atom. The largest absolute Gasteiger partial charge is 0.378 e. The van der Waals surface area contributed by atoms with Crippen molar-refractivity contribution < 1.29 is 9.53 Å². The highest BCUT2D eigenvalue weighted by Gasteiger charge is 2.49. The Kier molecular flexibility index (Phi) is 2.68. The zero-order chi connectivity index (χ0) is 9.26. The fourth-order valence-electron chi connectivity index (χ4n) is 2.76. The second-order valence-corrected chi connectivity index (χ2v) is 4.39. The molecule has 1 saturated heterocycles. The highest BCUT2D eigenvalue weighted by molar-refractivity contribution is 5.56. The Balaban J connectivity index is 1.87. The molecular formula is C11H18O2. The summed E-state index contributed by atoms with van der Waals surface area (Å²) >= 11 is 0. The third-order valence-corrected chi connectivity index (χ3v) is 3.58. The molecule has 2 nitrogen and oxygen atoms in total. The number of hydrogen-bond acceptors (Lipinski definition) is 2. The van der Waals surface area contributed by atoms with E-state index in [0.29, 0.717) is 23.9 Å². The van der Waals surface area contributed by atoms with Gasteiger partial charge in [0.05, 0.1) is 12.7 Å². The molecule has 2 aliphatic rings.